The van der Waals surface area contributed by atoms with Crippen molar-refractivity contribution in [3.8, 4) is 5.75 Å². The van der Waals surface area contributed by atoms with E-state index < -0.39 is 6.10 Å². The fraction of sp³-hybridized carbons (Fsp3) is 0.500. The summed E-state index contributed by atoms with van der Waals surface area (Å²) < 4.78 is 5.36. The number of rotatable bonds is 2. The number of amidine groups is 1. The van der Waals surface area contributed by atoms with Crippen molar-refractivity contribution in [3.63, 3.8) is 0 Å². The van der Waals surface area contributed by atoms with E-state index >= 15 is 0 Å². The van der Waals surface area contributed by atoms with Crippen LogP contribution in [0, 0.1) is 5.92 Å². The first-order valence-electron chi connectivity index (χ1n) is 6.43. The van der Waals surface area contributed by atoms with Crippen LogP contribution in [0.15, 0.2) is 23.2 Å². The van der Waals surface area contributed by atoms with Gasteiger partial charge in [0.15, 0.2) is 0 Å². The summed E-state index contributed by atoms with van der Waals surface area (Å²) in [5.74, 6) is 1.95. The molecule has 1 aromatic rings. The van der Waals surface area contributed by atoms with Crippen LogP contribution in [0.25, 0.3) is 0 Å². The van der Waals surface area contributed by atoms with Gasteiger partial charge in [0.2, 0.25) is 0 Å². The van der Waals surface area contributed by atoms with Crippen LogP contribution in [0.1, 0.15) is 23.7 Å². The van der Waals surface area contributed by atoms with Gasteiger partial charge < -0.3 is 15.2 Å². The predicted octanol–water partition coefficient (Wildman–Crippen LogP) is 1.29. The van der Waals surface area contributed by atoms with Gasteiger partial charge in [-0.25, -0.2) is 0 Å². The highest BCUT2D eigenvalue weighted by atomic mass is 16.5. The van der Waals surface area contributed by atoms with E-state index in [0.29, 0.717) is 0 Å². The number of benzene rings is 1. The molecule has 1 aliphatic carbocycles. The summed E-state index contributed by atoms with van der Waals surface area (Å²) >= 11 is 0. The Labute approximate surface area is 107 Å². The SMILES string of the molecule is COc1cccc2c1CCC(C1=NCCN1)C2O. The van der Waals surface area contributed by atoms with Crippen molar-refractivity contribution in [2.75, 3.05) is 20.2 Å². The van der Waals surface area contributed by atoms with E-state index in [4.69, 9.17) is 4.74 Å². The van der Waals surface area contributed by atoms with Crippen LogP contribution < -0.4 is 10.1 Å². The van der Waals surface area contributed by atoms with Crippen LogP contribution in [0.3, 0.4) is 0 Å². The topological polar surface area (TPSA) is 53.8 Å². The van der Waals surface area contributed by atoms with Gasteiger partial charge in [0.1, 0.15) is 11.6 Å². The van der Waals surface area contributed by atoms with Crippen LogP contribution in [0.4, 0.5) is 0 Å². The van der Waals surface area contributed by atoms with E-state index in [-0.39, 0.29) is 5.92 Å². The lowest BCUT2D eigenvalue weighted by molar-refractivity contribution is 0.125. The third kappa shape index (κ3) is 1.77. The Bertz CT molecular complexity index is 485. The fourth-order valence-electron chi connectivity index (χ4n) is 2.94. The minimum absolute atomic E-state index is 0.104. The highest BCUT2D eigenvalue weighted by Gasteiger charge is 2.33. The van der Waals surface area contributed by atoms with Gasteiger partial charge in [-0.3, -0.25) is 4.99 Å². The molecule has 4 nitrogen and oxygen atoms in total. The van der Waals surface area contributed by atoms with Crippen molar-refractivity contribution in [2.45, 2.75) is 18.9 Å². The summed E-state index contributed by atoms with van der Waals surface area (Å²) in [7, 11) is 1.68. The van der Waals surface area contributed by atoms with Crippen molar-refractivity contribution in [2.24, 2.45) is 10.9 Å². The Balaban J connectivity index is 1.94. The average Bonchev–Trinajstić information content (AvgIpc) is 2.92. The molecule has 0 aromatic heterocycles. The molecule has 3 rings (SSSR count). The summed E-state index contributed by atoms with van der Waals surface area (Å²) in [6.07, 6.45) is 1.37. The summed E-state index contributed by atoms with van der Waals surface area (Å²) in [6.45, 7) is 1.72. The molecule has 2 atom stereocenters. The Hall–Kier alpha value is -1.55. The van der Waals surface area contributed by atoms with Crippen LogP contribution in [-0.2, 0) is 6.42 Å². The molecule has 4 heteroatoms. The monoisotopic (exact) mass is 246 g/mol. The van der Waals surface area contributed by atoms with Crippen molar-refractivity contribution in [3.05, 3.63) is 29.3 Å². The first kappa shape index (κ1) is 11.5. The minimum Gasteiger partial charge on any atom is -0.496 e. The molecule has 0 radical (unpaired) electrons. The molecule has 0 spiro atoms. The van der Waals surface area contributed by atoms with E-state index in [1.807, 2.05) is 18.2 Å². The molecule has 0 amide bonds. The molecular weight excluding hydrogens is 228 g/mol. The Morgan fingerprint density at radius 3 is 3.06 bits per heavy atom. The average molecular weight is 246 g/mol. The molecule has 2 unspecified atom stereocenters. The summed E-state index contributed by atoms with van der Waals surface area (Å²) in [6, 6.07) is 5.88. The number of aliphatic imine (C=N–C) groups is 1. The first-order valence-corrected chi connectivity index (χ1v) is 6.43. The Kier molecular flexibility index (Phi) is 2.96. The van der Waals surface area contributed by atoms with E-state index in [9.17, 15) is 5.11 Å². The zero-order valence-corrected chi connectivity index (χ0v) is 10.5. The third-order valence-electron chi connectivity index (χ3n) is 3.85. The lowest BCUT2D eigenvalue weighted by Gasteiger charge is -2.31. The molecule has 0 saturated carbocycles. The molecule has 18 heavy (non-hydrogen) atoms. The molecule has 1 aromatic carbocycles. The zero-order chi connectivity index (χ0) is 12.5. The molecule has 0 bridgehead atoms. The first-order chi connectivity index (χ1) is 8.81. The number of fused-ring (bicyclic) bond motifs is 1. The molecule has 1 heterocycles. The number of nitrogens with zero attached hydrogens (tertiary/aromatic N) is 1. The maximum atomic E-state index is 10.5. The molecule has 2 aliphatic rings. The van der Waals surface area contributed by atoms with Crippen LogP contribution in [0.2, 0.25) is 0 Å². The summed E-state index contributed by atoms with van der Waals surface area (Å²) in [5, 5.41) is 13.8. The second-order valence-corrected chi connectivity index (χ2v) is 4.81. The number of hydrogen-bond donors (Lipinski definition) is 2. The number of aliphatic hydroxyl groups excluding tert-OH is 1. The number of hydrogen-bond acceptors (Lipinski definition) is 4. The Morgan fingerprint density at radius 2 is 2.33 bits per heavy atom. The van der Waals surface area contributed by atoms with Gasteiger partial charge in [0, 0.05) is 12.5 Å². The van der Waals surface area contributed by atoms with Gasteiger partial charge in [-0.2, -0.15) is 0 Å². The highest BCUT2D eigenvalue weighted by Crippen LogP contribution is 2.39. The third-order valence-corrected chi connectivity index (χ3v) is 3.85. The van der Waals surface area contributed by atoms with Gasteiger partial charge in [0.25, 0.3) is 0 Å². The largest absolute Gasteiger partial charge is 0.496 e. The van der Waals surface area contributed by atoms with Crippen molar-refractivity contribution >= 4 is 5.84 Å². The molecule has 0 saturated heterocycles. The minimum atomic E-state index is -0.479. The number of methoxy groups -OCH3 is 1. The van der Waals surface area contributed by atoms with Crippen LogP contribution in [-0.4, -0.2) is 31.1 Å². The molecular formula is C14H18N2O2. The number of aliphatic hydroxyl groups is 1. The second kappa shape index (κ2) is 4.61. The quantitative estimate of drug-likeness (QED) is 0.827. The van der Waals surface area contributed by atoms with Gasteiger partial charge in [-0.15, -0.1) is 0 Å². The maximum absolute atomic E-state index is 10.5. The van der Waals surface area contributed by atoms with Crippen LogP contribution >= 0.6 is 0 Å². The number of ether oxygens (including phenoxy) is 1. The number of nitrogens with one attached hydrogen (secondary N) is 1. The van der Waals surface area contributed by atoms with Crippen molar-refractivity contribution in [1.82, 2.24) is 5.32 Å². The zero-order valence-electron chi connectivity index (χ0n) is 10.5. The molecule has 2 N–H and O–H groups in total. The molecule has 1 aliphatic heterocycles. The Morgan fingerprint density at radius 1 is 1.44 bits per heavy atom. The van der Waals surface area contributed by atoms with E-state index in [0.717, 1.165) is 48.6 Å². The van der Waals surface area contributed by atoms with Gasteiger partial charge in [-0.05, 0) is 30.0 Å². The van der Waals surface area contributed by atoms with Gasteiger partial charge in [-0.1, -0.05) is 12.1 Å². The summed E-state index contributed by atoms with van der Waals surface area (Å²) in [5.41, 5.74) is 2.13. The normalized spacial score (nSPS) is 26.2. The van der Waals surface area contributed by atoms with Crippen molar-refractivity contribution in [1.29, 1.82) is 0 Å². The van der Waals surface area contributed by atoms with Gasteiger partial charge in [0.05, 0.1) is 19.8 Å². The van der Waals surface area contributed by atoms with Gasteiger partial charge >= 0.3 is 0 Å². The highest BCUT2D eigenvalue weighted by molar-refractivity contribution is 5.87. The van der Waals surface area contributed by atoms with Crippen LogP contribution in [0.5, 0.6) is 5.75 Å². The fourth-order valence-corrected chi connectivity index (χ4v) is 2.94. The van der Waals surface area contributed by atoms with E-state index in [2.05, 4.69) is 10.3 Å². The standard InChI is InChI=1S/C14H18N2O2/c1-18-12-4-2-3-10-9(12)5-6-11(13(10)17)14-15-7-8-16-14/h2-4,11,13,17H,5-8H2,1H3,(H,15,16). The lowest BCUT2D eigenvalue weighted by atomic mass is 9.80. The van der Waals surface area contributed by atoms with E-state index in [1.165, 1.54) is 0 Å². The lowest BCUT2D eigenvalue weighted by Crippen LogP contribution is -2.34. The molecule has 96 valence electrons. The molecule has 0 fully saturated rings. The smallest absolute Gasteiger partial charge is 0.122 e. The van der Waals surface area contributed by atoms with E-state index in [1.54, 1.807) is 7.11 Å². The van der Waals surface area contributed by atoms with Crippen molar-refractivity contribution < 1.29 is 9.84 Å². The predicted molar refractivity (Wildman–Crippen MR) is 70.1 cm³/mol. The maximum Gasteiger partial charge on any atom is 0.122 e. The second-order valence-electron chi connectivity index (χ2n) is 4.81. The summed E-state index contributed by atoms with van der Waals surface area (Å²) in [4.78, 5) is 4.44.